The second-order valence-corrected chi connectivity index (χ2v) is 6.07. The zero-order valence-corrected chi connectivity index (χ0v) is 13.1. The molecule has 0 N–H and O–H groups in total. The lowest BCUT2D eigenvalue weighted by Gasteiger charge is -2.31. The van der Waals surface area contributed by atoms with Crippen LogP contribution in [0.2, 0.25) is 10.0 Å². The second-order valence-electron chi connectivity index (χ2n) is 5.25. The number of carbonyl (C=O) groups is 1. The van der Waals surface area contributed by atoms with Crippen LogP contribution in [0, 0.1) is 5.92 Å². The van der Waals surface area contributed by atoms with Gasteiger partial charge in [-0.2, -0.15) is 0 Å². The Morgan fingerprint density at radius 3 is 2.90 bits per heavy atom. The summed E-state index contributed by atoms with van der Waals surface area (Å²) < 4.78 is 5.20. The molecule has 0 aliphatic carbocycles. The van der Waals surface area contributed by atoms with Gasteiger partial charge >= 0.3 is 0 Å². The topological polar surface area (TPSA) is 29.5 Å². The number of hydrogen-bond donors (Lipinski definition) is 0. The molecule has 1 fully saturated rings. The van der Waals surface area contributed by atoms with E-state index in [1.807, 2.05) is 0 Å². The lowest BCUT2D eigenvalue weighted by Crippen LogP contribution is -2.40. The highest BCUT2D eigenvalue weighted by molar-refractivity contribution is 6.42. The average molecular weight is 316 g/mol. The highest BCUT2D eigenvalue weighted by Crippen LogP contribution is 2.23. The van der Waals surface area contributed by atoms with Crippen LogP contribution in [-0.2, 0) is 4.74 Å². The summed E-state index contributed by atoms with van der Waals surface area (Å²) in [5.74, 6) is 0.608. The van der Waals surface area contributed by atoms with Crippen LogP contribution >= 0.6 is 23.2 Å². The van der Waals surface area contributed by atoms with E-state index in [9.17, 15) is 4.79 Å². The van der Waals surface area contributed by atoms with E-state index in [1.165, 1.54) is 6.42 Å². The van der Waals surface area contributed by atoms with Crippen LogP contribution in [0.25, 0.3) is 0 Å². The molecule has 1 unspecified atom stereocenters. The van der Waals surface area contributed by atoms with E-state index >= 15 is 0 Å². The van der Waals surface area contributed by atoms with Gasteiger partial charge in [0, 0.05) is 19.2 Å². The highest BCUT2D eigenvalue weighted by Gasteiger charge is 2.22. The first-order valence-corrected chi connectivity index (χ1v) is 7.55. The Bertz CT molecular complexity index is 477. The van der Waals surface area contributed by atoms with Crippen molar-refractivity contribution in [2.24, 2.45) is 5.92 Å². The second kappa shape index (κ2) is 7.41. The number of hydrogen-bond acceptors (Lipinski definition) is 3. The van der Waals surface area contributed by atoms with Crippen LogP contribution in [0.1, 0.15) is 23.2 Å². The molecular formula is C15H19Cl2NO2. The largest absolute Gasteiger partial charge is 0.384 e. The molecule has 1 saturated heterocycles. The zero-order valence-electron chi connectivity index (χ0n) is 11.6. The van der Waals surface area contributed by atoms with Gasteiger partial charge in [0.15, 0.2) is 5.78 Å². The van der Waals surface area contributed by atoms with Crippen LogP contribution < -0.4 is 0 Å². The molecule has 0 amide bonds. The predicted octanol–water partition coefficient (Wildman–Crippen LogP) is 3.53. The van der Waals surface area contributed by atoms with Gasteiger partial charge in [-0.05, 0) is 43.5 Å². The molecule has 20 heavy (non-hydrogen) atoms. The fourth-order valence-electron chi connectivity index (χ4n) is 2.63. The van der Waals surface area contributed by atoms with Gasteiger partial charge in [-0.25, -0.2) is 0 Å². The van der Waals surface area contributed by atoms with Gasteiger partial charge in [0.05, 0.1) is 23.2 Å². The van der Waals surface area contributed by atoms with Crippen molar-refractivity contribution in [2.75, 3.05) is 33.4 Å². The fraction of sp³-hybridized carbons (Fsp3) is 0.533. The van der Waals surface area contributed by atoms with E-state index in [1.54, 1.807) is 25.3 Å². The quantitative estimate of drug-likeness (QED) is 0.778. The molecule has 110 valence electrons. The molecule has 0 saturated carbocycles. The molecule has 0 radical (unpaired) electrons. The van der Waals surface area contributed by atoms with E-state index < -0.39 is 0 Å². The first-order valence-electron chi connectivity index (χ1n) is 6.79. The minimum absolute atomic E-state index is 0.0848. The van der Waals surface area contributed by atoms with Gasteiger partial charge in [0.2, 0.25) is 0 Å². The van der Waals surface area contributed by atoms with Gasteiger partial charge in [-0.15, -0.1) is 0 Å². The third-order valence-corrected chi connectivity index (χ3v) is 4.35. The molecule has 1 aromatic rings. The van der Waals surface area contributed by atoms with E-state index in [-0.39, 0.29) is 5.78 Å². The maximum absolute atomic E-state index is 12.3. The van der Waals surface area contributed by atoms with Crippen LogP contribution in [0.5, 0.6) is 0 Å². The Labute approximate surface area is 129 Å². The first kappa shape index (κ1) is 15.8. The molecule has 3 nitrogen and oxygen atoms in total. The predicted molar refractivity (Wildman–Crippen MR) is 81.8 cm³/mol. The van der Waals surface area contributed by atoms with Crippen molar-refractivity contribution in [1.29, 1.82) is 0 Å². The van der Waals surface area contributed by atoms with Crippen molar-refractivity contribution in [3.63, 3.8) is 0 Å². The first-order chi connectivity index (χ1) is 9.60. The maximum atomic E-state index is 12.3. The number of likely N-dealkylation sites (tertiary alicyclic amines) is 1. The van der Waals surface area contributed by atoms with Crippen molar-refractivity contribution < 1.29 is 9.53 Å². The fourth-order valence-corrected chi connectivity index (χ4v) is 2.93. The lowest BCUT2D eigenvalue weighted by molar-refractivity contribution is 0.0758. The summed E-state index contributed by atoms with van der Waals surface area (Å²) in [7, 11) is 1.72. The minimum Gasteiger partial charge on any atom is -0.384 e. The van der Waals surface area contributed by atoms with Crippen LogP contribution in [0.15, 0.2) is 18.2 Å². The number of piperidine rings is 1. The number of methoxy groups -OCH3 is 1. The summed E-state index contributed by atoms with van der Waals surface area (Å²) in [4.78, 5) is 14.5. The van der Waals surface area contributed by atoms with Crippen molar-refractivity contribution >= 4 is 29.0 Å². The Kier molecular flexibility index (Phi) is 5.85. The van der Waals surface area contributed by atoms with Crippen LogP contribution in [0.4, 0.5) is 0 Å². The smallest absolute Gasteiger partial charge is 0.176 e. The number of carbonyl (C=O) groups excluding carboxylic acids is 1. The van der Waals surface area contributed by atoms with Crippen molar-refractivity contribution in [3.8, 4) is 0 Å². The molecule has 1 heterocycles. The molecule has 2 rings (SSSR count). The number of halogens is 2. The molecule has 0 spiro atoms. The SMILES string of the molecule is COCC1CCCN(CC(=O)c2ccc(Cl)c(Cl)c2)C1. The molecule has 1 atom stereocenters. The van der Waals surface area contributed by atoms with Gasteiger partial charge in [0.1, 0.15) is 0 Å². The summed E-state index contributed by atoms with van der Waals surface area (Å²) in [6.07, 6.45) is 2.29. The number of Topliss-reactive ketones (excluding diaryl/α,β-unsaturated/α-hetero) is 1. The maximum Gasteiger partial charge on any atom is 0.176 e. The third-order valence-electron chi connectivity index (χ3n) is 3.61. The highest BCUT2D eigenvalue weighted by atomic mass is 35.5. The number of benzene rings is 1. The van der Waals surface area contributed by atoms with Gasteiger partial charge < -0.3 is 4.74 Å². The summed E-state index contributed by atoms with van der Waals surface area (Å²) >= 11 is 11.8. The number of ether oxygens (including phenoxy) is 1. The molecule has 1 aliphatic rings. The van der Waals surface area contributed by atoms with Gasteiger partial charge in [-0.3, -0.25) is 9.69 Å². The van der Waals surface area contributed by atoms with Crippen LogP contribution in [0.3, 0.4) is 0 Å². The molecule has 0 aromatic heterocycles. The summed E-state index contributed by atoms with van der Waals surface area (Å²) in [6, 6.07) is 5.04. The normalized spacial score (nSPS) is 20.1. The standard InChI is InChI=1S/C15H19Cl2NO2/c1-20-10-11-3-2-6-18(8-11)9-15(19)12-4-5-13(16)14(17)7-12/h4-5,7,11H,2-3,6,8-10H2,1H3. The number of nitrogens with zero attached hydrogens (tertiary/aromatic N) is 1. The summed E-state index contributed by atoms with van der Waals surface area (Å²) in [5, 5.41) is 0.898. The van der Waals surface area contributed by atoms with Crippen molar-refractivity contribution in [2.45, 2.75) is 12.8 Å². The van der Waals surface area contributed by atoms with Gasteiger partial charge in [-0.1, -0.05) is 23.2 Å². The molecule has 1 aromatic carbocycles. The minimum atomic E-state index is 0.0848. The average Bonchev–Trinajstić information content (AvgIpc) is 2.42. The Morgan fingerprint density at radius 1 is 1.40 bits per heavy atom. The van der Waals surface area contributed by atoms with Crippen LogP contribution in [-0.4, -0.2) is 44.0 Å². The molecule has 1 aliphatic heterocycles. The van der Waals surface area contributed by atoms with Gasteiger partial charge in [0.25, 0.3) is 0 Å². The third kappa shape index (κ3) is 4.19. The Morgan fingerprint density at radius 2 is 2.20 bits per heavy atom. The summed E-state index contributed by atoms with van der Waals surface area (Å²) in [6.45, 7) is 3.07. The monoisotopic (exact) mass is 315 g/mol. The van der Waals surface area contributed by atoms with E-state index in [0.29, 0.717) is 28.1 Å². The zero-order chi connectivity index (χ0) is 14.5. The number of rotatable bonds is 5. The molecule has 5 heteroatoms. The Balaban J connectivity index is 1.95. The van der Waals surface area contributed by atoms with E-state index in [4.69, 9.17) is 27.9 Å². The lowest BCUT2D eigenvalue weighted by atomic mass is 9.98. The van der Waals surface area contributed by atoms with Crippen molar-refractivity contribution in [3.05, 3.63) is 33.8 Å². The summed E-state index contributed by atoms with van der Waals surface area (Å²) in [5.41, 5.74) is 0.619. The van der Waals surface area contributed by atoms with Crippen molar-refractivity contribution in [1.82, 2.24) is 4.90 Å². The Hall–Kier alpha value is -0.610. The molecule has 0 bridgehead atoms. The number of ketones is 1. The van der Waals surface area contributed by atoms with E-state index in [2.05, 4.69) is 4.90 Å². The molecular weight excluding hydrogens is 297 g/mol. The van der Waals surface area contributed by atoms with E-state index in [0.717, 1.165) is 26.1 Å².